The molecule has 34 heavy (non-hydrogen) atoms. The highest BCUT2D eigenvalue weighted by Crippen LogP contribution is 2.41. The number of phenols is 1. The van der Waals surface area contributed by atoms with E-state index < -0.39 is 5.82 Å². The number of nitrogens with zero attached hydrogens (tertiary/aromatic N) is 4. The first kappa shape index (κ1) is 22.1. The number of piperazine rings is 1. The molecule has 2 heterocycles. The monoisotopic (exact) mass is 476 g/mol. The predicted molar refractivity (Wildman–Crippen MR) is 133 cm³/mol. The molecule has 0 spiro atoms. The number of carbonyl (C=O) groups excluding carboxylic acids is 1. The molecule has 0 atom stereocenters. The molecule has 1 N–H and O–H groups in total. The van der Waals surface area contributed by atoms with E-state index in [4.69, 9.17) is 11.6 Å². The second-order valence-corrected chi connectivity index (χ2v) is 8.57. The van der Waals surface area contributed by atoms with Gasteiger partial charge in [-0.05, 0) is 47.5 Å². The molecule has 4 aromatic rings. The zero-order chi connectivity index (χ0) is 23.8. The number of halogens is 2. The molecule has 6 nitrogen and oxygen atoms in total. The number of rotatable bonds is 3. The third kappa shape index (κ3) is 3.82. The van der Waals surface area contributed by atoms with Crippen molar-refractivity contribution in [2.24, 2.45) is 0 Å². The molecule has 1 aliphatic rings. The molecule has 1 fully saturated rings. The second kappa shape index (κ2) is 8.91. The topological polar surface area (TPSA) is 69.6 Å². The lowest BCUT2D eigenvalue weighted by Crippen LogP contribution is -2.48. The number of anilines is 1. The first-order valence-corrected chi connectivity index (χ1v) is 11.4. The Kier molecular flexibility index (Phi) is 5.79. The number of hydrogen-bond acceptors (Lipinski definition) is 5. The highest BCUT2D eigenvalue weighted by atomic mass is 35.5. The minimum Gasteiger partial charge on any atom is -0.508 e. The minimum atomic E-state index is -0.566. The van der Waals surface area contributed by atoms with Crippen LogP contribution in [-0.4, -0.2) is 52.1 Å². The lowest BCUT2D eigenvalue weighted by atomic mass is 9.96. The van der Waals surface area contributed by atoms with Crippen LogP contribution >= 0.6 is 11.6 Å². The third-order valence-electron chi connectivity index (χ3n) is 6.12. The van der Waals surface area contributed by atoms with Gasteiger partial charge >= 0.3 is 0 Å². The summed E-state index contributed by atoms with van der Waals surface area (Å²) >= 11 is 6.65. The van der Waals surface area contributed by atoms with Crippen molar-refractivity contribution in [3.63, 3.8) is 0 Å². The summed E-state index contributed by atoms with van der Waals surface area (Å²) in [4.78, 5) is 24.6. The first-order valence-electron chi connectivity index (χ1n) is 11.0. The number of benzene rings is 3. The van der Waals surface area contributed by atoms with Gasteiger partial charge in [-0.25, -0.2) is 14.4 Å². The molecule has 8 heteroatoms. The molecule has 1 aromatic heterocycles. The lowest BCUT2D eigenvalue weighted by molar-refractivity contribution is -0.126. The van der Waals surface area contributed by atoms with E-state index >= 15 is 4.39 Å². The third-order valence-corrected chi connectivity index (χ3v) is 6.41. The van der Waals surface area contributed by atoms with Gasteiger partial charge in [0.25, 0.3) is 0 Å². The standard InChI is InChI=1S/C26H22ClFN4O2/c1-2-5-22(34)31-8-10-32(11-9-31)26-20-14-21(27)23(24(28)25(20)29-15-30-26)19-13-17(33)12-16-6-3-4-7-18(16)19/h2-7,12-15,33H,8-11H2,1H3. The highest BCUT2D eigenvalue weighted by molar-refractivity contribution is 6.35. The number of fused-ring (bicyclic) bond motifs is 2. The van der Waals surface area contributed by atoms with Gasteiger partial charge in [0.05, 0.1) is 5.02 Å². The first-order chi connectivity index (χ1) is 16.5. The van der Waals surface area contributed by atoms with Gasteiger partial charge in [0.2, 0.25) is 5.91 Å². The van der Waals surface area contributed by atoms with Crippen molar-refractivity contribution < 1.29 is 14.3 Å². The zero-order valence-corrected chi connectivity index (χ0v) is 19.3. The van der Waals surface area contributed by atoms with E-state index in [2.05, 4.69) is 9.97 Å². The van der Waals surface area contributed by atoms with Gasteiger partial charge in [0.15, 0.2) is 5.82 Å². The Bertz CT molecular complexity index is 1450. The van der Waals surface area contributed by atoms with Crippen LogP contribution in [0.4, 0.5) is 10.2 Å². The number of aromatic hydroxyl groups is 1. The van der Waals surface area contributed by atoms with Gasteiger partial charge < -0.3 is 14.9 Å². The van der Waals surface area contributed by atoms with Crippen LogP contribution < -0.4 is 4.90 Å². The molecule has 3 aromatic carbocycles. The molecular formula is C26H22ClFN4O2. The Labute approximate surface area is 200 Å². The van der Waals surface area contributed by atoms with Crippen LogP contribution in [-0.2, 0) is 4.79 Å². The molecule has 1 amide bonds. The van der Waals surface area contributed by atoms with Crippen molar-refractivity contribution in [3.05, 3.63) is 71.8 Å². The van der Waals surface area contributed by atoms with Crippen molar-refractivity contribution in [1.82, 2.24) is 14.9 Å². The maximum atomic E-state index is 15.9. The average Bonchev–Trinajstić information content (AvgIpc) is 2.84. The number of phenolic OH excluding ortho intramolecular Hbond substituents is 1. The van der Waals surface area contributed by atoms with Gasteiger partial charge in [0.1, 0.15) is 23.4 Å². The molecule has 0 bridgehead atoms. The summed E-state index contributed by atoms with van der Waals surface area (Å²) in [7, 11) is 0. The van der Waals surface area contributed by atoms with Gasteiger partial charge in [-0.3, -0.25) is 4.79 Å². The van der Waals surface area contributed by atoms with Gasteiger partial charge in [-0.15, -0.1) is 0 Å². The van der Waals surface area contributed by atoms with Crippen LogP contribution in [0.5, 0.6) is 5.75 Å². The largest absolute Gasteiger partial charge is 0.508 e. The second-order valence-electron chi connectivity index (χ2n) is 8.17. The van der Waals surface area contributed by atoms with Crippen LogP contribution in [0.3, 0.4) is 0 Å². The minimum absolute atomic E-state index is 0.0215. The molecule has 0 radical (unpaired) electrons. The average molecular weight is 477 g/mol. The fraction of sp³-hybridized carbons (Fsp3) is 0.192. The van der Waals surface area contributed by atoms with Gasteiger partial charge in [-0.1, -0.05) is 41.9 Å². The SMILES string of the molecule is CC=CC(=O)N1CCN(c2ncnc3c(F)c(-c4cc(O)cc5ccccc45)c(Cl)cc23)CC1. The Morgan fingerprint density at radius 3 is 2.62 bits per heavy atom. The molecule has 5 rings (SSSR count). The lowest BCUT2D eigenvalue weighted by Gasteiger charge is -2.35. The van der Waals surface area contributed by atoms with Crippen molar-refractivity contribution >= 4 is 45.0 Å². The summed E-state index contributed by atoms with van der Waals surface area (Å²) in [5, 5.41) is 12.5. The fourth-order valence-corrected chi connectivity index (χ4v) is 4.80. The summed E-state index contributed by atoms with van der Waals surface area (Å²) in [5.41, 5.74) is 0.841. The van der Waals surface area contributed by atoms with Crippen molar-refractivity contribution in [2.75, 3.05) is 31.1 Å². The number of aromatic nitrogens is 2. The molecule has 172 valence electrons. The van der Waals surface area contributed by atoms with Crippen molar-refractivity contribution in [3.8, 4) is 16.9 Å². The quantitative estimate of drug-likeness (QED) is 0.413. The van der Waals surface area contributed by atoms with E-state index in [1.165, 1.54) is 12.4 Å². The number of hydrogen-bond donors (Lipinski definition) is 1. The fourth-order valence-electron chi connectivity index (χ4n) is 4.50. The smallest absolute Gasteiger partial charge is 0.246 e. The summed E-state index contributed by atoms with van der Waals surface area (Å²) in [6, 6.07) is 12.3. The van der Waals surface area contributed by atoms with E-state index in [-0.39, 0.29) is 27.8 Å². The van der Waals surface area contributed by atoms with Crippen LogP contribution in [0.15, 0.2) is 60.9 Å². The molecule has 1 saturated heterocycles. The van der Waals surface area contributed by atoms with Crippen LogP contribution in [0.25, 0.3) is 32.8 Å². The van der Waals surface area contributed by atoms with Gasteiger partial charge in [-0.2, -0.15) is 0 Å². The van der Waals surface area contributed by atoms with E-state index in [9.17, 15) is 9.90 Å². The predicted octanol–water partition coefficient (Wildman–Crippen LogP) is 5.17. The number of amides is 1. The summed E-state index contributed by atoms with van der Waals surface area (Å²) in [6.07, 6.45) is 4.62. The van der Waals surface area contributed by atoms with E-state index in [1.54, 1.807) is 29.2 Å². The molecule has 1 aliphatic heterocycles. The Morgan fingerprint density at radius 2 is 1.85 bits per heavy atom. The summed E-state index contributed by atoms with van der Waals surface area (Å²) in [5.74, 6) is 0.0183. The van der Waals surface area contributed by atoms with Crippen LogP contribution in [0, 0.1) is 5.82 Å². The molecular weight excluding hydrogens is 455 g/mol. The van der Waals surface area contributed by atoms with E-state index in [0.29, 0.717) is 42.9 Å². The Morgan fingerprint density at radius 1 is 1.09 bits per heavy atom. The van der Waals surface area contributed by atoms with E-state index in [1.807, 2.05) is 36.1 Å². The van der Waals surface area contributed by atoms with Crippen molar-refractivity contribution in [2.45, 2.75) is 6.92 Å². The van der Waals surface area contributed by atoms with Gasteiger partial charge in [0, 0.05) is 37.1 Å². The van der Waals surface area contributed by atoms with Crippen LogP contribution in [0.2, 0.25) is 5.02 Å². The summed E-state index contributed by atoms with van der Waals surface area (Å²) in [6.45, 7) is 4.02. The van der Waals surface area contributed by atoms with E-state index in [0.717, 1.165) is 10.8 Å². The zero-order valence-electron chi connectivity index (χ0n) is 18.5. The normalized spacial score (nSPS) is 14.4. The molecule has 0 unspecified atom stereocenters. The number of allylic oxidation sites excluding steroid dienone is 1. The maximum Gasteiger partial charge on any atom is 0.246 e. The molecule has 0 aliphatic carbocycles. The maximum absolute atomic E-state index is 15.9. The summed E-state index contributed by atoms with van der Waals surface area (Å²) < 4.78 is 15.9. The highest BCUT2D eigenvalue weighted by Gasteiger charge is 2.25. The Balaban J connectivity index is 1.58. The van der Waals surface area contributed by atoms with Crippen molar-refractivity contribution in [1.29, 1.82) is 0 Å². The van der Waals surface area contributed by atoms with Crippen LogP contribution in [0.1, 0.15) is 6.92 Å². The Hall–Kier alpha value is -3.71. The number of carbonyl (C=O) groups is 1. The molecule has 0 saturated carbocycles.